The van der Waals surface area contributed by atoms with E-state index in [1.807, 2.05) is 57.2 Å². The Kier molecular flexibility index (Phi) is 4.79. The van der Waals surface area contributed by atoms with Crippen molar-refractivity contribution >= 4 is 22.6 Å². The third-order valence-corrected chi connectivity index (χ3v) is 4.10. The number of carbonyl (C=O) groups is 1. The third-order valence-electron chi connectivity index (χ3n) is 4.10. The smallest absolute Gasteiger partial charge is 0.291 e. The first-order valence-corrected chi connectivity index (χ1v) is 8.58. The highest BCUT2D eigenvalue weighted by Gasteiger charge is 2.18. The Bertz CT molecular complexity index is 891. The number of hydrogen-bond donors (Lipinski definition) is 1. The maximum absolute atomic E-state index is 12.6. The molecule has 0 spiro atoms. The van der Waals surface area contributed by atoms with Crippen LogP contribution in [0.25, 0.3) is 11.0 Å². The Balaban J connectivity index is 1.81. The van der Waals surface area contributed by atoms with Gasteiger partial charge in [0.1, 0.15) is 11.3 Å². The molecule has 0 saturated heterocycles. The van der Waals surface area contributed by atoms with Gasteiger partial charge in [-0.3, -0.25) is 4.79 Å². The monoisotopic (exact) mass is 337 g/mol. The molecule has 0 aliphatic rings. The van der Waals surface area contributed by atoms with Gasteiger partial charge in [0.05, 0.1) is 6.10 Å². The molecule has 0 bridgehead atoms. The van der Waals surface area contributed by atoms with Gasteiger partial charge in [-0.15, -0.1) is 0 Å². The minimum Gasteiger partial charge on any atom is -0.491 e. The molecule has 130 valence electrons. The van der Waals surface area contributed by atoms with E-state index in [-0.39, 0.29) is 12.0 Å². The molecule has 0 atom stereocenters. The van der Waals surface area contributed by atoms with Crippen LogP contribution in [0.4, 0.5) is 5.69 Å². The molecule has 3 aromatic rings. The van der Waals surface area contributed by atoms with Gasteiger partial charge in [0, 0.05) is 16.6 Å². The van der Waals surface area contributed by atoms with Gasteiger partial charge in [-0.1, -0.05) is 13.0 Å². The number of hydrogen-bond acceptors (Lipinski definition) is 3. The fourth-order valence-electron chi connectivity index (χ4n) is 2.78. The lowest BCUT2D eigenvalue weighted by atomic mass is 10.1. The predicted molar refractivity (Wildman–Crippen MR) is 100 cm³/mol. The SMILES string of the molecule is CCc1ccc2oc(C(=O)Nc3ccc(OC(C)C)cc3)c(C)c2c1. The van der Waals surface area contributed by atoms with Gasteiger partial charge in [0.15, 0.2) is 5.76 Å². The lowest BCUT2D eigenvalue weighted by molar-refractivity contribution is 0.0998. The molecule has 1 N–H and O–H groups in total. The van der Waals surface area contributed by atoms with Crippen molar-refractivity contribution in [3.63, 3.8) is 0 Å². The molecular formula is C21H23NO3. The molecular weight excluding hydrogens is 314 g/mol. The number of aryl methyl sites for hydroxylation is 2. The minimum absolute atomic E-state index is 0.117. The fraction of sp³-hybridized carbons (Fsp3) is 0.286. The van der Waals surface area contributed by atoms with E-state index in [9.17, 15) is 4.79 Å². The summed E-state index contributed by atoms with van der Waals surface area (Å²) in [5.74, 6) is 0.884. The first kappa shape index (κ1) is 17.1. The minimum atomic E-state index is -0.246. The van der Waals surface area contributed by atoms with E-state index in [0.29, 0.717) is 11.4 Å². The molecule has 1 amide bonds. The average Bonchev–Trinajstić information content (AvgIpc) is 2.92. The maximum Gasteiger partial charge on any atom is 0.291 e. The Morgan fingerprint density at radius 2 is 1.88 bits per heavy atom. The summed E-state index contributed by atoms with van der Waals surface area (Å²) >= 11 is 0. The Hall–Kier alpha value is -2.75. The van der Waals surface area contributed by atoms with E-state index in [0.717, 1.165) is 28.7 Å². The first-order chi connectivity index (χ1) is 12.0. The molecule has 0 saturated carbocycles. The van der Waals surface area contributed by atoms with Crippen LogP contribution in [-0.2, 0) is 6.42 Å². The zero-order chi connectivity index (χ0) is 18.0. The van der Waals surface area contributed by atoms with Gasteiger partial charge in [0.2, 0.25) is 0 Å². The summed E-state index contributed by atoms with van der Waals surface area (Å²) in [6.45, 7) is 7.98. The molecule has 0 unspecified atom stereocenters. The fourth-order valence-corrected chi connectivity index (χ4v) is 2.78. The maximum atomic E-state index is 12.6. The number of nitrogens with one attached hydrogen (secondary N) is 1. The lowest BCUT2D eigenvalue weighted by Gasteiger charge is -2.10. The Labute approximate surface area is 147 Å². The third kappa shape index (κ3) is 3.68. The Morgan fingerprint density at radius 3 is 2.52 bits per heavy atom. The second-order valence-corrected chi connectivity index (χ2v) is 6.39. The highest BCUT2D eigenvalue weighted by molar-refractivity contribution is 6.06. The predicted octanol–water partition coefficient (Wildman–Crippen LogP) is 5.34. The number of furan rings is 1. The zero-order valence-corrected chi connectivity index (χ0v) is 15.1. The van der Waals surface area contributed by atoms with E-state index in [2.05, 4.69) is 18.3 Å². The van der Waals surface area contributed by atoms with Crippen molar-refractivity contribution in [3.05, 3.63) is 59.4 Å². The van der Waals surface area contributed by atoms with Crippen molar-refractivity contribution in [2.45, 2.75) is 40.2 Å². The number of ether oxygens (including phenoxy) is 1. The van der Waals surface area contributed by atoms with Crippen molar-refractivity contribution in [2.75, 3.05) is 5.32 Å². The zero-order valence-electron chi connectivity index (χ0n) is 15.1. The van der Waals surface area contributed by atoms with Crippen LogP contribution >= 0.6 is 0 Å². The molecule has 4 heteroatoms. The molecule has 25 heavy (non-hydrogen) atoms. The molecule has 2 aromatic carbocycles. The van der Waals surface area contributed by atoms with Crippen LogP contribution in [0, 0.1) is 6.92 Å². The summed E-state index contributed by atoms with van der Waals surface area (Å²) in [6.07, 6.45) is 1.07. The van der Waals surface area contributed by atoms with Crippen LogP contribution in [0.15, 0.2) is 46.9 Å². The van der Waals surface area contributed by atoms with Gasteiger partial charge < -0.3 is 14.5 Å². The van der Waals surface area contributed by atoms with Crippen molar-refractivity contribution in [2.24, 2.45) is 0 Å². The molecule has 0 fully saturated rings. The molecule has 0 aliphatic carbocycles. The summed E-state index contributed by atoms with van der Waals surface area (Å²) in [4.78, 5) is 12.6. The summed E-state index contributed by atoms with van der Waals surface area (Å²) in [5.41, 5.74) is 3.53. The van der Waals surface area contributed by atoms with Crippen molar-refractivity contribution < 1.29 is 13.9 Å². The van der Waals surface area contributed by atoms with Crippen LogP contribution in [0.2, 0.25) is 0 Å². The quantitative estimate of drug-likeness (QED) is 0.683. The number of benzene rings is 2. The number of rotatable bonds is 5. The second kappa shape index (κ2) is 7.01. The van der Waals surface area contributed by atoms with Gasteiger partial charge in [-0.2, -0.15) is 0 Å². The van der Waals surface area contributed by atoms with Crippen LogP contribution in [0.1, 0.15) is 42.5 Å². The number of fused-ring (bicyclic) bond motifs is 1. The van der Waals surface area contributed by atoms with Gasteiger partial charge in [-0.25, -0.2) is 0 Å². The topological polar surface area (TPSA) is 51.5 Å². The summed E-state index contributed by atoms with van der Waals surface area (Å²) < 4.78 is 11.4. The van der Waals surface area contributed by atoms with Crippen LogP contribution < -0.4 is 10.1 Å². The van der Waals surface area contributed by atoms with E-state index >= 15 is 0 Å². The van der Waals surface area contributed by atoms with Gasteiger partial charge in [0.25, 0.3) is 5.91 Å². The standard InChI is InChI=1S/C21H23NO3/c1-5-15-6-11-19-18(12-15)14(4)20(25-19)21(23)22-16-7-9-17(10-8-16)24-13(2)3/h6-13H,5H2,1-4H3,(H,22,23). The van der Waals surface area contributed by atoms with E-state index in [1.165, 1.54) is 5.56 Å². The van der Waals surface area contributed by atoms with Crippen LogP contribution in [0.3, 0.4) is 0 Å². The summed E-state index contributed by atoms with van der Waals surface area (Å²) in [6, 6.07) is 13.4. The van der Waals surface area contributed by atoms with E-state index in [4.69, 9.17) is 9.15 Å². The molecule has 1 aromatic heterocycles. The number of amides is 1. The van der Waals surface area contributed by atoms with Crippen LogP contribution in [0.5, 0.6) is 5.75 Å². The van der Waals surface area contributed by atoms with E-state index < -0.39 is 0 Å². The molecule has 0 radical (unpaired) electrons. The Morgan fingerprint density at radius 1 is 1.16 bits per heavy atom. The van der Waals surface area contributed by atoms with Crippen molar-refractivity contribution in [1.29, 1.82) is 0 Å². The summed E-state index contributed by atoms with van der Waals surface area (Å²) in [7, 11) is 0. The van der Waals surface area contributed by atoms with Gasteiger partial charge >= 0.3 is 0 Å². The largest absolute Gasteiger partial charge is 0.491 e. The molecule has 0 aliphatic heterocycles. The summed E-state index contributed by atoms with van der Waals surface area (Å²) in [5, 5.41) is 3.87. The van der Waals surface area contributed by atoms with Gasteiger partial charge in [-0.05, 0) is 69.2 Å². The lowest BCUT2D eigenvalue weighted by Crippen LogP contribution is -2.12. The van der Waals surface area contributed by atoms with Crippen LogP contribution in [-0.4, -0.2) is 12.0 Å². The molecule has 4 nitrogen and oxygen atoms in total. The van der Waals surface area contributed by atoms with E-state index in [1.54, 1.807) is 0 Å². The first-order valence-electron chi connectivity index (χ1n) is 8.58. The number of carbonyl (C=O) groups excluding carboxylic acids is 1. The number of anilines is 1. The highest BCUT2D eigenvalue weighted by atomic mass is 16.5. The van der Waals surface area contributed by atoms with Crippen molar-refractivity contribution in [3.8, 4) is 5.75 Å². The second-order valence-electron chi connectivity index (χ2n) is 6.39. The van der Waals surface area contributed by atoms with Crippen molar-refractivity contribution in [1.82, 2.24) is 0 Å². The highest BCUT2D eigenvalue weighted by Crippen LogP contribution is 2.27. The molecule has 3 rings (SSSR count). The molecule has 1 heterocycles. The average molecular weight is 337 g/mol. The normalized spacial score (nSPS) is 11.1.